The van der Waals surface area contributed by atoms with Crippen LogP contribution in [-0.2, 0) is 0 Å². The number of piperazine rings is 1. The van der Waals surface area contributed by atoms with E-state index in [1.807, 2.05) is 24.0 Å². The van der Waals surface area contributed by atoms with Gasteiger partial charge in [-0.2, -0.15) is 5.10 Å². The predicted octanol–water partition coefficient (Wildman–Crippen LogP) is 2.46. The Morgan fingerprint density at radius 2 is 1.90 bits per heavy atom. The lowest BCUT2D eigenvalue weighted by atomic mass is 10.3. The van der Waals surface area contributed by atoms with Crippen LogP contribution in [0.25, 0.3) is 0 Å². The van der Waals surface area contributed by atoms with Crippen molar-refractivity contribution < 1.29 is 4.79 Å². The van der Waals surface area contributed by atoms with E-state index in [4.69, 9.17) is 11.6 Å². The Bertz CT molecular complexity index is 635. The standard InChI is InChI=1S/C14H15ClN4OS/c1-10-2-5-13(17-16-10)18-6-8-19(9-7-18)14(20)11-3-4-12(15)21-11/h2-5H,6-9H2,1H3. The van der Waals surface area contributed by atoms with Crippen LogP contribution < -0.4 is 4.90 Å². The van der Waals surface area contributed by atoms with Crippen molar-refractivity contribution >= 4 is 34.7 Å². The first-order chi connectivity index (χ1) is 10.1. The topological polar surface area (TPSA) is 49.3 Å². The van der Waals surface area contributed by atoms with Crippen molar-refractivity contribution in [2.24, 2.45) is 0 Å². The van der Waals surface area contributed by atoms with Crippen LogP contribution in [0.3, 0.4) is 0 Å². The van der Waals surface area contributed by atoms with Crippen LogP contribution in [0.2, 0.25) is 4.34 Å². The van der Waals surface area contributed by atoms with E-state index in [-0.39, 0.29) is 5.91 Å². The van der Waals surface area contributed by atoms with Gasteiger partial charge in [0.2, 0.25) is 0 Å². The summed E-state index contributed by atoms with van der Waals surface area (Å²) in [5.41, 5.74) is 0.905. The molecule has 2 aromatic rings. The van der Waals surface area contributed by atoms with Crippen LogP contribution >= 0.6 is 22.9 Å². The molecule has 1 aliphatic rings. The van der Waals surface area contributed by atoms with Crippen LogP contribution in [-0.4, -0.2) is 47.2 Å². The van der Waals surface area contributed by atoms with Gasteiger partial charge in [0, 0.05) is 26.2 Å². The molecule has 21 heavy (non-hydrogen) atoms. The monoisotopic (exact) mass is 322 g/mol. The van der Waals surface area contributed by atoms with Crippen LogP contribution in [0, 0.1) is 6.92 Å². The van der Waals surface area contributed by atoms with Gasteiger partial charge < -0.3 is 9.80 Å². The molecule has 3 rings (SSSR count). The third-order valence-electron chi connectivity index (χ3n) is 3.46. The fourth-order valence-corrected chi connectivity index (χ4v) is 3.30. The van der Waals surface area contributed by atoms with Gasteiger partial charge >= 0.3 is 0 Å². The van der Waals surface area contributed by atoms with E-state index in [9.17, 15) is 4.79 Å². The Kier molecular flexibility index (Phi) is 4.07. The minimum atomic E-state index is 0.0570. The molecule has 5 nitrogen and oxygen atoms in total. The molecule has 1 fully saturated rings. The first-order valence-corrected chi connectivity index (χ1v) is 7.93. The third-order valence-corrected chi connectivity index (χ3v) is 4.68. The van der Waals surface area contributed by atoms with E-state index in [1.54, 1.807) is 12.1 Å². The van der Waals surface area contributed by atoms with Gasteiger partial charge in [0.15, 0.2) is 5.82 Å². The molecule has 0 atom stereocenters. The Hall–Kier alpha value is -1.66. The Morgan fingerprint density at radius 1 is 1.14 bits per heavy atom. The molecule has 0 spiro atoms. The molecule has 0 saturated carbocycles. The van der Waals surface area contributed by atoms with Crippen LogP contribution in [0.15, 0.2) is 24.3 Å². The number of hydrogen-bond donors (Lipinski definition) is 0. The molecule has 110 valence electrons. The molecule has 0 bridgehead atoms. The number of nitrogens with zero attached hydrogens (tertiary/aromatic N) is 4. The predicted molar refractivity (Wildman–Crippen MR) is 84.2 cm³/mol. The number of halogens is 1. The fraction of sp³-hybridized carbons (Fsp3) is 0.357. The highest BCUT2D eigenvalue weighted by Gasteiger charge is 2.23. The van der Waals surface area contributed by atoms with Gasteiger partial charge in [-0.25, -0.2) is 0 Å². The van der Waals surface area contributed by atoms with Crippen molar-refractivity contribution in [2.75, 3.05) is 31.1 Å². The summed E-state index contributed by atoms with van der Waals surface area (Å²) in [7, 11) is 0. The van der Waals surface area contributed by atoms with E-state index in [2.05, 4.69) is 15.1 Å². The van der Waals surface area contributed by atoms with E-state index in [0.29, 0.717) is 22.3 Å². The molecule has 0 unspecified atom stereocenters. The molecule has 1 amide bonds. The number of aryl methyl sites for hydroxylation is 1. The zero-order valence-electron chi connectivity index (χ0n) is 11.6. The summed E-state index contributed by atoms with van der Waals surface area (Å²) in [5, 5.41) is 8.26. The van der Waals surface area contributed by atoms with Crippen molar-refractivity contribution in [3.8, 4) is 0 Å². The minimum absolute atomic E-state index is 0.0570. The second kappa shape index (κ2) is 5.99. The molecule has 3 heterocycles. The highest BCUT2D eigenvalue weighted by molar-refractivity contribution is 7.17. The third kappa shape index (κ3) is 3.16. The molecule has 1 saturated heterocycles. The van der Waals surface area contributed by atoms with Gasteiger partial charge in [0.25, 0.3) is 5.91 Å². The van der Waals surface area contributed by atoms with E-state index in [0.717, 1.165) is 24.6 Å². The zero-order valence-corrected chi connectivity index (χ0v) is 13.2. The van der Waals surface area contributed by atoms with E-state index >= 15 is 0 Å². The average molecular weight is 323 g/mol. The first-order valence-electron chi connectivity index (χ1n) is 6.73. The number of aromatic nitrogens is 2. The summed E-state index contributed by atoms with van der Waals surface area (Å²) in [6.45, 7) is 4.82. The van der Waals surface area contributed by atoms with E-state index < -0.39 is 0 Å². The number of carbonyl (C=O) groups is 1. The molecule has 2 aromatic heterocycles. The number of amides is 1. The Morgan fingerprint density at radius 3 is 2.48 bits per heavy atom. The van der Waals surface area contributed by atoms with Crippen LogP contribution in [0.5, 0.6) is 0 Å². The SMILES string of the molecule is Cc1ccc(N2CCN(C(=O)c3ccc(Cl)s3)CC2)nn1. The van der Waals surface area contributed by atoms with Gasteiger partial charge in [-0.05, 0) is 31.2 Å². The highest BCUT2D eigenvalue weighted by atomic mass is 35.5. The molecule has 1 aliphatic heterocycles. The fourth-order valence-electron chi connectivity index (χ4n) is 2.28. The summed E-state index contributed by atoms with van der Waals surface area (Å²) >= 11 is 7.21. The van der Waals surface area contributed by atoms with Crippen molar-refractivity contribution in [3.05, 3.63) is 39.2 Å². The first kappa shape index (κ1) is 14.3. The molecule has 0 aromatic carbocycles. The molecule has 7 heteroatoms. The maximum atomic E-state index is 12.3. The maximum absolute atomic E-state index is 12.3. The number of carbonyl (C=O) groups excluding carboxylic acids is 1. The summed E-state index contributed by atoms with van der Waals surface area (Å²) in [5.74, 6) is 0.924. The number of rotatable bonds is 2. The smallest absolute Gasteiger partial charge is 0.264 e. The Balaban J connectivity index is 1.62. The van der Waals surface area contributed by atoms with Gasteiger partial charge in [-0.1, -0.05) is 11.6 Å². The van der Waals surface area contributed by atoms with Gasteiger partial charge in [-0.15, -0.1) is 16.4 Å². The normalized spacial score (nSPS) is 15.3. The number of thiophene rings is 1. The maximum Gasteiger partial charge on any atom is 0.264 e. The van der Waals surface area contributed by atoms with Gasteiger partial charge in [-0.3, -0.25) is 4.79 Å². The van der Waals surface area contributed by atoms with Crippen LogP contribution in [0.4, 0.5) is 5.82 Å². The molecular weight excluding hydrogens is 308 g/mol. The zero-order chi connectivity index (χ0) is 14.8. The van der Waals surface area contributed by atoms with Gasteiger partial charge in [0.05, 0.1) is 14.9 Å². The number of hydrogen-bond acceptors (Lipinski definition) is 5. The largest absolute Gasteiger partial charge is 0.352 e. The second-order valence-electron chi connectivity index (χ2n) is 4.92. The molecule has 0 aliphatic carbocycles. The summed E-state index contributed by atoms with van der Waals surface area (Å²) < 4.78 is 0.645. The summed E-state index contributed by atoms with van der Waals surface area (Å²) in [6, 6.07) is 7.47. The van der Waals surface area contributed by atoms with Crippen LogP contribution in [0.1, 0.15) is 15.4 Å². The Labute approximate surface area is 132 Å². The lowest BCUT2D eigenvalue weighted by molar-refractivity contribution is 0.0751. The summed E-state index contributed by atoms with van der Waals surface area (Å²) in [6.07, 6.45) is 0. The van der Waals surface area contributed by atoms with E-state index in [1.165, 1.54) is 11.3 Å². The van der Waals surface area contributed by atoms with Crippen molar-refractivity contribution in [1.29, 1.82) is 0 Å². The average Bonchev–Trinajstić information content (AvgIpc) is 2.94. The van der Waals surface area contributed by atoms with Crippen molar-refractivity contribution in [2.45, 2.75) is 6.92 Å². The summed E-state index contributed by atoms with van der Waals surface area (Å²) in [4.78, 5) is 17.0. The molecule has 0 N–H and O–H groups in total. The second-order valence-corrected chi connectivity index (χ2v) is 6.63. The minimum Gasteiger partial charge on any atom is -0.352 e. The lowest BCUT2D eigenvalue weighted by Crippen LogP contribution is -2.49. The lowest BCUT2D eigenvalue weighted by Gasteiger charge is -2.34. The van der Waals surface area contributed by atoms with Crippen molar-refractivity contribution in [3.63, 3.8) is 0 Å². The molecular formula is C14H15ClN4OS. The van der Waals surface area contributed by atoms with Gasteiger partial charge in [0.1, 0.15) is 0 Å². The number of anilines is 1. The highest BCUT2D eigenvalue weighted by Crippen LogP contribution is 2.23. The molecule has 0 radical (unpaired) electrons. The quantitative estimate of drug-likeness (QED) is 0.852. The van der Waals surface area contributed by atoms with Crippen molar-refractivity contribution in [1.82, 2.24) is 15.1 Å².